The number of aromatic carboxylic acids is 1. The fourth-order valence-corrected chi connectivity index (χ4v) is 3.45. The number of carboxylic acids is 1. The van der Waals surface area contributed by atoms with Crippen molar-refractivity contribution in [1.82, 2.24) is 4.90 Å². The van der Waals surface area contributed by atoms with Crippen LogP contribution in [0, 0.1) is 0 Å². The molecule has 28 heavy (non-hydrogen) atoms. The normalized spacial score (nSPS) is 16.1. The van der Waals surface area contributed by atoms with E-state index in [1.807, 2.05) is 0 Å². The number of hydrogen-bond acceptors (Lipinski definition) is 3. The van der Waals surface area contributed by atoms with E-state index < -0.39 is 17.7 Å². The van der Waals surface area contributed by atoms with Gasteiger partial charge in [-0.05, 0) is 67.7 Å². The molecule has 1 saturated heterocycles. The van der Waals surface area contributed by atoms with Crippen molar-refractivity contribution in [3.63, 3.8) is 0 Å². The molecule has 2 aromatic rings. The zero-order chi connectivity index (χ0) is 20.1. The predicted molar refractivity (Wildman–Crippen MR) is 98.8 cm³/mol. The van der Waals surface area contributed by atoms with Crippen molar-refractivity contribution in [3.8, 4) is 5.75 Å². The number of halogens is 3. The van der Waals surface area contributed by atoms with Gasteiger partial charge >= 0.3 is 12.1 Å². The molecule has 0 atom stereocenters. The molecule has 7 heteroatoms. The van der Waals surface area contributed by atoms with Crippen LogP contribution in [0.15, 0.2) is 48.5 Å². The molecule has 1 heterocycles. The quantitative estimate of drug-likeness (QED) is 0.775. The van der Waals surface area contributed by atoms with Gasteiger partial charge in [-0.15, -0.1) is 0 Å². The van der Waals surface area contributed by atoms with Crippen LogP contribution >= 0.6 is 0 Å². The molecule has 0 bridgehead atoms. The van der Waals surface area contributed by atoms with Crippen molar-refractivity contribution < 1.29 is 27.8 Å². The third-order valence-electron chi connectivity index (χ3n) is 5.05. The van der Waals surface area contributed by atoms with Gasteiger partial charge in [0.1, 0.15) is 12.4 Å². The Kier molecular flexibility index (Phi) is 6.24. The molecule has 0 saturated carbocycles. The second-order valence-electron chi connectivity index (χ2n) is 6.92. The van der Waals surface area contributed by atoms with E-state index in [4.69, 9.17) is 9.84 Å². The van der Waals surface area contributed by atoms with Gasteiger partial charge in [0.15, 0.2) is 0 Å². The highest BCUT2D eigenvalue weighted by atomic mass is 19.4. The molecule has 0 amide bonds. The Labute approximate surface area is 161 Å². The summed E-state index contributed by atoms with van der Waals surface area (Å²) in [5.41, 5.74) is 0.530. The first-order valence-electron chi connectivity index (χ1n) is 9.18. The number of benzene rings is 2. The highest BCUT2D eigenvalue weighted by Crippen LogP contribution is 2.32. The molecule has 3 rings (SSSR count). The fourth-order valence-electron chi connectivity index (χ4n) is 3.45. The number of carboxylic acid groups (broad SMARTS) is 1. The lowest BCUT2D eigenvalue weighted by molar-refractivity contribution is -0.137. The minimum atomic E-state index is -4.30. The van der Waals surface area contributed by atoms with Crippen molar-refractivity contribution in [2.75, 3.05) is 26.2 Å². The van der Waals surface area contributed by atoms with Crippen LogP contribution in [0.25, 0.3) is 0 Å². The largest absolute Gasteiger partial charge is 0.492 e. The molecule has 1 fully saturated rings. The second kappa shape index (κ2) is 8.65. The summed E-state index contributed by atoms with van der Waals surface area (Å²) in [5, 5.41) is 8.99. The van der Waals surface area contributed by atoms with Gasteiger partial charge in [-0.25, -0.2) is 4.79 Å². The van der Waals surface area contributed by atoms with Crippen LogP contribution in [-0.2, 0) is 6.18 Å². The third-order valence-corrected chi connectivity index (χ3v) is 5.05. The van der Waals surface area contributed by atoms with E-state index in [0.717, 1.165) is 50.2 Å². The number of nitrogens with zero attached hydrogens (tertiary/aromatic N) is 1. The van der Waals surface area contributed by atoms with Crippen molar-refractivity contribution in [2.24, 2.45) is 0 Å². The van der Waals surface area contributed by atoms with Gasteiger partial charge in [0, 0.05) is 6.54 Å². The SMILES string of the molecule is O=C(O)c1cccc(OCCN2CCC(c3ccc(C(F)(F)F)cc3)CC2)c1. The van der Waals surface area contributed by atoms with Gasteiger partial charge in [0.05, 0.1) is 11.1 Å². The molecular weight excluding hydrogens is 371 g/mol. The lowest BCUT2D eigenvalue weighted by Crippen LogP contribution is -2.35. The van der Waals surface area contributed by atoms with Crippen molar-refractivity contribution in [2.45, 2.75) is 24.9 Å². The Balaban J connectivity index is 1.44. The molecule has 0 spiro atoms. The number of carbonyl (C=O) groups is 1. The van der Waals surface area contributed by atoms with Crippen molar-refractivity contribution in [3.05, 3.63) is 65.2 Å². The van der Waals surface area contributed by atoms with Gasteiger partial charge in [-0.3, -0.25) is 4.90 Å². The first kappa shape index (κ1) is 20.2. The Morgan fingerprint density at radius 2 is 1.79 bits per heavy atom. The van der Waals surface area contributed by atoms with E-state index in [2.05, 4.69) is 4.90 Å². The maximum absolute atomic E-state index is 12.7. The number of ether oxygens (including phenoxy) is 1. The highest BCUT2D eigenvalue weighted by molar-refractivity contribution is 5.87. The first-order valence-corrected chi connectivity index (χ1v) is 9.18. The monoisotopic (exact) mass is 393 g/mol. The Morgan fingerprint density at radius 3 is 2.39 bits per heavy atom. The molecule has 0 aliphatic carbocycles. The van der Waals surface area contributed by atoms with Crippen LogP contribution in [0.1, 0.15) is 40.2 Å². The summed E-state index contributed by atoms with van der Waals surface area (Å²) in [5.74, 6) is -0.193. The molecule has 0 aromatic heterocycles. The third kappa shape index (κ3) is 5.25. The van der Waals surface area contributed by atoms with Crippen molar-refractivity contribution >= 4 is 5.97 Å². The minimum Gasteiger partial charge on any atom is -0.492 e. The highest BCUT2D eigenvalue weighted by Gasteiger charge is 2.30. The minimum absolute atomic E-state index is 0.190. The van der Waals surface area contributed by atoms with Crippen LogP contribution in [0.3, 0.4) is 0 Å². The van der Waals surface area contributed by atoms with Gasteiger partial charge < -0.3 is 9.84 Å². The van der Waals surface area contributed by atoms with Crippen LogP contribution < -0.4 is 4.74 Å². The van der Waals surface area contributed by atoms with E-state index in [-0.39, 0.29) is 11.5 Å². The number of hydrogen-bond donors (Lipinski definition) is 1. The van der Waals surface area contributed by atoms with E-state index >= 15 is 0 Å². The van der Waals surface area contributed by atoms with Crippen LogP contribution in [0.4, 0.5) is 13.2 Å². The summed E-state index contributed by atoms with van der Waals surface area (Å²) >= 11 is 0. The number of piperidine rings is 1. The Bertz CT molecular complexity index is 797. The zero-order valence-corrected chi connectivity index (χ0v) is 15.3. The second-order valence-corrected chi connectivity index (χ2v) is 6.92. The average Bonchev–Trinajstić information content (AvgIpc) is 2.68. The number of rotatable bonds is 6. The topological polar surface area (TPSA) is 49.8 Å². The molecular formula is C21H22F3NO3. The van der Waals surface area contributed by atoms with Crippen molar-refractivity contribution in [1.29, 1.82) is 0 Å². The summed E-state index contributed by atoms with van der Waals surface area (Å²) in [7, 11) is 0. The standard InChI is InChI=1S/C21H22F3NO3/c22-21(23,24)18-6-4-15(5-7-18)16-8-10-25(11-9-16)12-13-28-19-3-1-2-17(14-19)20(26)27/h1-7,14,16H,8-13H2,(H,26,27). The Morgan fingerprint density at radius 1 is 1.11 bits per heavy atom. The van der Waals surface area contributed by atoms with E-state index in [9.17, 15) is 18.0 Å². The van der Waals surface area contributed by atoms with Gasteiger partial charge in [-0.2, -0.15) is 13.2 Å². The van der Waals surface area contributed by atoms with Gasteiger partial charge in [-0.1, -0.05) is 18.2 Å². The Hall–Kier alpha value is -2.54. The van der Waals surface area contributed by atoms with Crippen LogP contribution in [0.5, 0.6) is 5.75 Å². The molecule has 150 valence electrons. The lowest BCUT2D eigenvalue weighted by Gasteiger charge is -2.32. The number of alkyl halides is 3. The van der Waals surface area contributed by atoms with Crippen LogP contribution in [-0.4, -0.2) is 42.2 Å². The van der Waals surface area contributed by atoms with E-state index in [1.165, 1.54) is 12.1 Å². The maximum atomic E-state index is 12.7. The average molecular weight is 393 g/mol. The maximum Gasteiger partial charge on any atom is 0.416 e. The molecule has 1 aliphatic heterocycles. The lowest BCUT2D eigenvalue weighted by atomic mass is 9.89. The summed E-state index contributed by atoms with van der Waals surface area (Å²) in [6.07, 6.45) is -2.52. The number of likely N-dealkylation sites (tertiary alicyclic amines) is 1. The summed E-state index contributed by atoms with van der Waals surface area (Å²) < 4.78 is 43.6. The van der Waals surface area contributed by atoms with Gasteiger partial charge in [0.25, 0.3) is 0 Å². The van der Waals surface area contributed by atoms with E-state index in [1.54, 1.807) is 24.3 Å². The molecule has 0 unspecified atom stereocenters. The molecule has 1 aliphatic rings. The summed E-state index contributed by atoms with van der Waals surface area (Å²) in [4.78, 5) is 13.2. The molecule has 0 radical (unpaired) electrons. The summed E-state index contributed by atoms with van der Waals surface area (Å²) in [6, 6.07) is 11.9. The van der Waals surface area contributed by atoms with E-state index in [0.29, 0.717) is 12.4 Å². The smallest absolute Gasteiger partial charge is 0.416 e. The molecule has 1 N–H and O–H groups in total. The van der Waals surface area contributed by atoms with Crippen LogP contribution in [0.2, 0.25) is 0 Å². The van der Waals surface area contributed by atoms with Gasteiger partial charge in [0.2, 0.25) is 0 Å². The fraction of sp³-hybridized carbons (Fsp3) is 0.381. The predicted octanol–water partition coefficient (Wildman–Crippen LogP) is 4.66. The molecule has 4 nitrogen and oxygen atoms in total. The summed E-state index contributed by atoms with van der Waals surface area (Å²) in [6.45, 7) is 2.87. The molecule has 2 aromatic carbocycles. The zero-order valence-electron chi connectivity index (χ0n) is 15.3. The first-order chi connectivity index (χ1) is 13.3.